The van der Waals surface area contributed by atoms with Crippen LogP contribution in [0.5, 0.6) is 0 Å². The van der Waals surface area contributed by atoms with E-state index in [2.05, 4.69) is 5.32 Å². The van der Waals surface area contributed by atoms with E-state index >= 15 is 0 Å². The third kappa shape index (κ3) is 4.15. The minimum Gasteiger partial charge on any atom is -0.379 e. The summed E-state index contributed by atoms with van der Waals surface area (Å²) in [7, 11) is -3.79. The lowest BCUT2D eigenvalue weighted by Crippen LogP contribution is -2.40. The van der Waals surface area contributed by atoms with E-state index < -0.39 is 27.6 Å². The molecule has 1 aliphatic heterocycles. The molecule has 3 rings (SSSR count). The number of anilines is 1. The van der Waals surface area contributed by atoms with Crippen LogP contribution in [0.3, 0.4) is 0 Å². The first kappa shape index (κ1) is 19.4. The molecule has 0 bridgehead atoms. The van der Waals surface area contributed by atoms with Gasteiger partial charge in [0, 0.05) is 24.7 Å². The molecule has 9 heteroatoms. The molecule has 0 atom stereocenters. The van der Waals surface area contributed by atoms with E-state index in [1.807, 2.05) is 0 Å². The lowest BCUT2D eigenvalue weighted by molar-refractivity contribution is 0.0730. The first-order chi connectivity index (χ1) is 12.8. The van der Waals surface area contributed by atoms with Crippen LogP contribution in [0.1, 0.15) is 15.9 Å². The molecule has 27 heavy (non-hydrogen) atoms. The molecular weight excluding hydrogens is 378 g/mol. The summed E-state index contributed by atoms with van der Waals surface area (Å²) >= 11 is 0. The average molecular weight is 396 g/mol. The highest BCUT2D eigenvalue weighted by Crippen LogP contribution is 2.23. The number of aryl methyl sites for hydroxylation is 1. The maximum atomic E-state index is 13.7. The number of morpholine rings is 1. The molecule has 1 fully saturated rings. The van der Waals surface area contributed by atoms with Crippen LogP contribution < -0.4 is 5.32 Å². The smallest absolute Gasteiger partial charge is 0.255 e. The van der Waals surface area contributed by atoms with Crippen molar-refractivity contribution in [2.24, 2.45) is 0 Å². The van der Waals surface area contributed by atoms with Gasteiger partial charge in [-0.1, -0.05) is 6.07 Å². The van der Waals surface area contributed by atoms with Gasteiger partial charge < -0.3 is 10.1 Å². The number of sulfonamides is 1. The molecule has 0 spiro atoms. The van der Waals surface area contributed by atoms with E-state index in [0.717, 1.165) is 12.1 Å². The number of halogens is 2. The Morgan fingerprint density at radius 1 is 1.11 bits per heavy atom. The van der Waals surface area contributed by atoms with Gasteiger partial charge in [0.2, 0.25) is 10.0 Å². The number of nitrogens with zero attached hydrogens (tertiary/aromatic N) is 1. The molecule has 0 unspecified atom stereocenters. The number of benzene rings is 2. The van der Waals surface area contributed by atoms with Gasteiger partial charge in [-0.2, -0.15) is 4.31 Å². The van der Waals surface area contributed by atoms with Gasteiger partial charge >= 0.3 is 0 Å². The SMILES string of the molecule is Cc1ccc(C(=O)Nc2ccc(F)cc2F)cc1S(=O)(=O)N1CCOCC1. The number of rotatable bonds is 4. The van der Waals surface area contributed by atoms with Gasteiger partial charge in [-0.3, -0.25) is 4.79 Å². The fourth-order valence-corrected chi connectivity index (χ4v) is 4.39. The number of amides is 1. The highest BCUT2D eigenvalue weighted by molar-refractivity contribution is 7.89. The van der Waals surface area contributed by atoms with Gasteiger partial charge in [0.25, 0.3) is 5.91 Å². The van der Waals surface area contributed by atoms with E-state index in [-0.39, 0.29) is 29.2 Å². The van der Waals surface area contributed by atoms with Gasteiger partial charge in [-0.15, -0.1) is 0 Å². The van der Waals surface area contributed by atoms with E-state index in [1.165, 1.54) is 22.5 Å². The van der Waals surface area contributed by atoms with E-state index in [1.54, 1.807) is 6.92 Å². The molecular formula is C18H18F2N2O4S. The first-order valence-corrected chi connectivity index (χ1v) is 9.68. The summed E-state index contributed by atoms with van der Waals surface area (Å²) < 4.78 is 58.9. The van der Waals surface area contributed by atoms with Crippen molar-refractivity contribution in [1.29, 1.82) is 0 Å². The number of carbonyl (C=O) groups is 1. The minimum atomic E-state index is -3.79. The Balaban J connectivity index is 1.89. The molecule has 2 aromatic carbocycles. The maximum absolute atomic E-state index is 13.7. The van der Waals surface area contributed by atoms with Crippen molar-refractivity contribution >= 4 is 21.6 Å². The molecule has 1 heterocycles. The van der Waals surface area contributed by atoms with Crippen LogP contribution in [0.15, 0.2) is 41.3 Å². The summed E-state index contributed by atoms with van der Waals surface area (Å²) in [6.07, 6.45) is 0. The average Bonchev–Trinajstić information content (AvgIpc) is 2.65. The zero-order chi connectivity index (χ0) is 19.6. The molecule has 1 N–H and O–H groups in total. The normalized spacial score (nSPS) is 15.5. The van der Waals surface area contributed by atoms with E-state index in [4.69, 9.17) is 4.74 Å². The van der Waals surface area contributed by atoms with Crippen molar-refractivity contribution in [3.05, 3.63) is 59.2 Å². The van der Waals surface area contributed by atoms with Crippen LogP contribution in [0.25, 0.3) is 0 Å². The third-order valence-electron chi connectivity index (χ3n) is 4.22. The molecule has 1 amide bonds. The molecule has 0 radical (unpaired) electrons. The molecule has 144 valence electrons. The van der Waals surface area contributed by atoms with Crippen molar-refractivity contribution in [2.45, 2.75) is 11.8 Å². The zero-order valence-corrected chi connectivity index (χ0v) is 15.4. The number of nitrogens with one attached hydrogen (secondary N) is 1. The Kier molecular flexibility index (Phi) is 5.54. The summed E-state index contributed by atoms with van der Waals surface area (Å²) in [6.45, 7) is 2.72. The number of ether oxygens (including phenoxy) is 1. The monoisotopic (exact) mass is 396 g/mol. The molecule has 1 aliphatic rings. The fraction of sp³-hybridized carbons (Fsp3) is 0.278. The molecule has 0 saturated carbocycles. The molecule has 0 aromatic heterocycles. The summed E-state index contributed by atoms with van der Waals surface area (Å²) in [5.74, 6) is -2.38. The van der Waals surface area contributed by atoms with Crippen molar-refractivity contribution < 1.29 is 26.7 Å². The Morgan fingerprint density at radius 2 is 1.81 bits per heavy atom. The van der Waals surface area contributed by atoms with Gasteiger partial charge in [-0.05, 0) is 36.8 Å². The van der Waals surface area contributed by atoms with Crippen LogP contribution in [-0.4, -0.2) is 44.9 Å². The van der Waals surface area contributed by atoms with Crippen molar-refractivity contribution in [2.75, 3.05) is 31.6 Å². The lowest BCUT2D eigenvalue weighted by atomic mass is 10.1. The Bertz CT molecular complexity index is 973. The molecule has 1 saturated heterocycles. The Hall–Kier alpha value is -2.36. The standard InChI is InChI=1S/C18H18F2N2O4S/c1-12-2-3-13(18(23)21-16-5-4-14(19)11-15(16)20)10-17(12)27(24,25)22-6-8-26-9-7-22/h2-5,10-11H,6-9H2,1H3,(H,21,23). The quantitative estimate of drug-likeness (QED) is 0.862. The van der Waals surface area contributed by atoms with Gasteiger partial charge in [0.05, 0.1) is 23.8 Å². The Labute approximate surface area is 155 Å². The second kappa shape index (κ2) is 7.71. The van der Waals surface area contributed by atoms with Crippen LogP contribution in [-0.2, 0) is 14.8 Å². The number of hydrogen-bond donors (Lipinski definition) is 1. The van der Waals surface area contributed by atoms with Crippen LogP contribution >= 0.6 is 0 Å². The summed E-state index contributed by atoms with van der Waals surface area (Å²) in [6, 6.07) is 6.99. The molecule has 2 aromatic rings. The topological polar surface area (TPSA) is 75.7 Å². The van der Waals surface area contributed by atoms with E-state index in [0.29, 0.717) is 24.8 Å². The lowest BCUT2D eigenvalue weighted by Gasteiger charge is -2.26. The van der Waals surface area contributed by atoms with Crippen LogP contribution in [0.4, 0.5) is 14.5 Å². The molecule has 6 nitrogen and oxygen atoms in total. The zero-order valence-electron chi connectivity index (χ0n) is 14.5. The number of carbonyl (C=O) groups excluding carboxylic acids is 1. The highest BCUT2D eigenvalue weighted by Gasteiger charge is 2.28. The van der Waals surface area contributed by atoms with Gasteiger partial charge in [0.1, 0.15) is 11.6 Å². The highest BCUT2D eigenvalue weighted by atomic mass is 32.2. The summed E-state index contributed by atoms with van der Waals surface area (Å²) in [5.41, 5.74) is 0.349. The van der Waals surface area contributed by atoms with Gasteiger partial charge in [-0.25, -0.2) is 17.2 Å². The maximum Gasteiger partial charge on any atom is 0.255 e. The molecule has 0 aliphatic carbocycles. The summed E-state index contributed by atoms with van der Waals surface area (Å²) in [4.78, 5) is 12.4. The van der Waals surface area contributed by atoms with Crippen LogP contribution in [0.2, 0.25) is 0 Å². The summed E-state index contributed by atoms with van der Waals surface area (Å²) in [5, 5.41) is 2.32. The van der Waals surface area contributed by atoms with E-state index in [9.17, 15) is 22.0 Å². The second-order valence-corrected chi connectivity index (χ2v) is 7.98. The van der Waals surface area contributed by atoms with Gasteiger partial charge in [0.15, 0.2) is 0 Å². The van der Waals surface area contributed by atoms with Crippen molar-refractivity contribution in [3.8, 4) is 0 Å². The largest absolute Gasteiger partial charge is 0.379 e. The second-order valence-electron chi connectivity index (χ2n) is 6.08. The van der Waals surface area contributed by atoms with Crippen LogP contribution in [0, 0.1) is 18.6 Å². The Morgan fingerprint density at radius 3 is 2.48 bits per heavy atom. The van der Waals surface area contributed by atoms with Crippen molar-refractivity contribution in [1.82, 2.24) is 4.31 Å². The first-order valence-electron chi connectivity index (χ1n) is 8.24. The van der Waals surface area contributed by atoms with Crippen molar-refractivity contribution in [3.63, 3.8) is 0 Å². The predicted octanol–water partition coefficient (Wildman–Crippen LogP) is 2.55. The third-order valence-corrected chi connectivity index (χ3v) is 6.26. The number of hydrogen-bond acceptors (Lipinski definition) is 4. The predicted molar refractivity (Wildman–Crippen MR) is 95.1 cm³/mol. The fourth-order valence-electron chi connectivity index (χ4n) is 2.73. The minimum absolute atomic E-state index is 0.0108.